The van der Waals surface area contributed by atoms with Crippen molar-refractivity contribution in [2.24, 2.45) is 0 Å². The second kappa shape index (κ2) is 10.9. The van der Waals surface area contributed by atoms with E-state index in [0.717, 1.165) is 24.2 Å². The van der Waals surface area contributed by atoms with Crippen LogP contribution in [0.2, 0.25) is 0 Å². The molecule has 1 aliphatic heterocycles. The first-order valence-corrected chi connectivity index (χ1v) is 13.1. The molecule has 5 rings (SSSR count). The highest BCUT2D eigenvalue weighted by molar-refractivity contribution is 6.02. The molecule has 9 heteroatoms. The molecule has 1 N–H and O–H groups in total. The van der Waals surface area contributed by atoms with Crippen molar-refractivity contribution in [3.05, 3.63) is 99.9 Å². The third kappa shape index (κ3) is 5.35. The summed E-state index contributed by atoms with van der Waals surface area (Å²) in [6.07, 6.45) is 0. The van der Waals surface area contributed by atoms with E-state index < -0.39 is 12.1 Å². The number of carbonyl (C=O) groups is 1. The number of nitrogens with zero attached hydrogens (tertiary/aromatic N) is 5. The number of rotatable bonds is 5. The zero-order valence-corrected chi connectivity index (χ0v) is 22.7. The summed E-state index contributed by atoms with van der Waals surface area (Å²) in [6, 6.07) is 17.8. The van der Waals surface area contributed by atoms with Crippen LogP contribution in [0.1, 0.15) is 29.9 Å². The van der Waals surface area contributed by atoms with E-state index in [9.17, 15) is 14.0 Å². The topological polar surface area (TPSA) is 73.7 Å². The minimum atomic E-state index is -0.621. The first-order chi connectivity index (χ1) is 18.7. The summed E-state index contributed by atoms with van der Waals surface area (Å²) in [5, 5.41) is 5.45. The van der Waals surface area contributed by atoms with Crippen molar-refractivity contribution >= 4 is 28.3 Å². The van der Waals surface area contributed by atoms with Gasteiger partial charge in [0.1, 0.15) is 5.82 Å². The summed E-state index contributed by atoms with van der Waals surface area (Å²) >= 11 is 0. The number of hydrogen-bond acceptors (Lipinski definition) is 5. The van der Waals surface area contributed by atoms with Gasteiger partial charge in [0.15, 0.2) is 5.82 Å². The smallest absolute Gasteiger partial charge is 0.308 e. The number of anilines is 2. The second-order valence-corrected chi connectivity index (χ2v) is 10.1. The molecular formula is C30H33FN6O2. The number of piperazine rings is 1. The zero-order chi connectivity index (χ0) is 27.7. The van der Waals surface area contributed by atoms with E-state index in [2.05, 4.69) is 17.3 Å². The molecule has 202 valence electrons. The molecule has 39 heavy (non-hydrogen) atoms. The molecule has 0 bridgehead atoms. The summed E-state index contributed by atoms with van der Waals surface area (Å²) in [5.41, 5.74) is 3.55. The fraction of sp³-hybridized carbons (Fsp3) is 0.300. The Morgan fingerprint density at radius 1 is 1.00 bits per heavy atom. The predicted molar refractivity (Wildman–Crippen MR) is 154 cm³/mol. The largest absolute Gasteiger partial charge is 0.327 e. The van der Waals surface area contributed by atoms with E-state index in [0.29, 0.717) is 41.2 Å². The summed E-state index contributed by atoms with van der Waals surface area (Å²) in [7, 11) is 2.06. The number of amides is 2. The van der Waals surface area contributed by atoms with Gasteiger partial charge in [-0.25, -0.2) is 18.8 Å². The number of benzene rings is 3. The number of likely N-dealkylation sites (N-methyl/N-ethyl adjacent to an activating group) is 1. The van der Waals surface area contributed by atoms with Gasteiger partial charge in [-0.05, 0) is 75.8 Å². The van der Waals surface area contributed by atoms with Crippen molar-refractivity contribution in [2.45, 2.75) is 26.8 Å². The lowest BCUT2D eigenvalue weighted by molar-refractivity contribution is 0.254. The molecule has 3 aromatic carbocycles. The molecule has 1 fully saturated rings. The third-order valence-electron chi connectivity index (χ3n) is 7.23. The van der Waals surface area contributed by atoms with Crippen LogP contribution < -0.4 is 20.8 Å². The average Bonchev–Trinajstić information content (AvgIpc) is 2.92. The Balaban J connectivity index is 1.65. The van der Waals surface area contributed by atoms with Gasteiger partial charge in [-0.15, -0.1) is 0 Å². The Morgan fingerprint density at radius 3 is 2.38 bits per heavy atom. The molecule has 4 aromatic rings. The van der Waals surface area contributed by atoms with E-state index in [-0.39, 0.29) is 11.4 Å². The maximum Gasteiger partial charge on any atom is 0.327 e. The monoisotopic (exact) mass is 528 g/mol. The van der Waals surface area contributed by atoms with Gasteiger partial charge in [0.25, 0.3) is 5.56 Å². The molecule has 1 aromatic heterocycles. The Morgan fingerprint density at radius 2 is 1.69 bits per heavy atom. The number of carbonyl (C=O) groups excluding carboxylic acids is 1. The molecule has 1 aliphatic rings. The van der Waals surface area contributed by atoms with Crippen molar-refractivity contribution in [2.75, 3.05) is 48.5 Å². The number of hydrogen-bond donors (Lipinski definition) is 1. The molecule has 0 saturated carbocycles. The number of nitrogens with one attached hydrogen (secondary N) is 1. The van der Waals surface area contributed by atoms with Gasteiger partial charge in [0.05, 0.1) is 16.9 Å². The lowest BCUT2D eigenvalue weighted by Crippen LogP contribution is -2.55. The number of para-hydroxylation sites is 1. The van der Waals surface area contributed by atoms with Crippen LogP contribution in [0, 0.1) is 19.7 Å². The maximum absolute atomic E-state index is 13.9. The van der Waals surface area contributed by atoms with Gasteiger partial charge in [0.2, 0.25) is 0 Å². The SMILES string of the molecule is Cc1ccc(N(C(=O)Nc2ccc(F)cc2)C(C)c2nc3ccccc3c(=O)n2N2CCN(C)CC2)c(C)c1. The van der Waals surface area contributed by atoms with Crippen LogP contribution >= 0.6 is 0 Å². The lowest BCUT2D eigenvalue weighted by Gasteiger charge is -2.38. The van der Waals surface area contributed by atoms with Crippen LogP contribution in [0.4, 0.5) is 20.6 Å². The number of halogens is 1. The fourth-order valence-electron chi connectivity index (χ4n) is 5.08. The highest BCUT2D eigenvalue weighted by atomic mass is 19.1. The minimum Gasteiger partial charge on any atom is -0.308 e. The van der Waals surface area contributed by atoms with Gasteiger partial charge < -0.3 is 15.2 Å². The van der Waals surface area contributed by atoms with Crippen LogP contribution in [0.15, 0.2) is 71.5 Å². The van der Waals surface area contributed by atoms with E-state index in [1.165, 1.54) is 24.3 Å². The number of aromatic nitrogens is 2. The standard InChI is InChI=1S/C30H33FN6O2/c1-20-9-14-27(21(2)19-20)36(30(39)32-24-12-10-23(31)11-13-24)22(3)28-33-26-8-6-5-7-25(26)29(38)37(28)35-17-15-34(4)16-18-35/h5-14,19,22H,15-18H2,1-4H3,(H,32,39). The highest BCUT2D eigenvalue weighted by Gasteiger charge is 2.31. The summed E-state index contributed by atoms with van der Waals surface area (Å²) in [6.45, 7) is 8.75. The molecule has 2 amide bonds. The van der Waals surface area contributed by atoms with Gasteiger partial charge in [-0.1, -0.05) is 29.8 Å². The quantitative estimate of drug-likeness (QED) is 0.402. The maximum atomic E-state index is 13.9. The Bertz CT molecular complexity index is 1560. The van der Waals surface area contributed by atoms with E-state index in [1.807, 2.05) is 62.2 Å². The normalized spacial score (nSPS) is 14.8. The van der Waals surface area contributed by atoms with Crippen molar-refractivity contribution in [1.82, 2.24) is 14.6 Å². The van der Waals surface area contributed by atoms with Crippen LogP contribution in [-0.2, 0) is 0 Å². The molecule has 1 atom stereocenters. The van der Waals surface area contributed by atoms with Gasteiger partial charge in [0, 0.05) is 37.6 Å². The highest BCUT2D eigenvalue weighted by Crippen LogP contribution is 2.31. The number of urea groups is 1. The Hall–Kier alpha value is -4.24. The molecular weight excluding hydrogens is 495 g/mol. The third-order valence-corrected chi connectivity index (χ3v) is 7.23. The fourth-order valence-corrected chi connectivity index (χ4v) is 5.08. The number of aryl methyl sites for hydroxylation is 2. The van der Waals surface area contributed by atoms with Crippen molar-refractivity contribution in [1.29, 1.82) is 0 Å². The van der Waals surface area contributed by atoms with Crippen molar-refractivity contribution < 1.29 is 9.18 Å². The second-order valence-electron chi connectivity index (χ2n) is 10.1. The Kier molecular flexibility index (Phi) is 7.34. The average molecular weight is 529 g/mol. The summed E-state index contributed by atoms with van der Waals surface area (Å²) in [5.74, 6) is 0.0849. The molecule has 2 heterocycles. The van der Waals surface area contributed by atoms with Crippen LogP contribution in [-0.4, -0.2) is 53.8 Å². The molecule has 0 spiro atoms. The summed E-state index contributed by atoms with van der Waals surface area (Å²) < 4.78 is 15.2. The first kappa shape index (κ1) is 26.4. The zero-order valence-electron chi connectivity index (χ0n) is 22.7. The van der Waals surface area contributed by atoms with Crippen LogP contribution in [0.25, 0.3) is 10.9 Å². The first-order valence-electron chi connectivity index (χ1n) is 13.1. The van der Waals surface area contributed by atoms with Crippen molar-refractivity contribution in [3.63, 3.8) is 0 Å². The number of fused-ring (bicyclic) bond motifs is 1. The molecule has 1 saturated heterocycles. The molecule has 0 aliphatic carbocycles. The van der Waals surface area contributed by atoms with Gasteiger partial charge in [-0.2, -0.15) is 0 Å². The van der Waals surface area contributed by atoms with Crippen LogP contribution in [0.5, 0.6) is 0 Å². The van der Waals surface area contributed by atoms with E-state index in [4.69, 9.17) is 4.98 Å². The predicted octanol–water partition coefficient (Wildman–Crippen LogP) is 4.84. The van der Waals surface area contributed by atoms with E-state index >= 15 is 0 Å². The molecule has 0 radical (unpaired) electrons. The van der Waals surface area contributed by atoms with Gasteiger partial charge >= 0.3 is 6.03 Å². The van der Waals surface area contributed by atoms with Gasteiger partial charge in [-0.3, -0.25) is 9.69 Å². The molecule has 8 nitrogen and oxygen atoms in total. The van der Waals surface area contributed by atoms with Crippen molar-refractivity contribution in [3.8, 4) is 0 Å². The van der Waals surface area contributed by atoms with E-state index in [1.54, 1.807) is 15.6 Å². The van der Waals surface area contributed by atoms with Crippen LogP contribution in [0.3, 0.4) is 0 Å². The Labute approximate surface area is 227 Å². The summed E-state index contributed by atoms with van der Waals surface area (Å²) in [4.78, 5) is 36.6. The lowest BCUT2D eigenvalue weighted by atomic mass is 10.1. The molecule has 1 unspecified atom stereocenters. The minimum absolute atomic E-state index is 0.161.